The summed E-state index contributed by atoms with van der Waals surface area (Å²) in [6, 6.07) is 0. The van der Waals surface area contributed by atoms with E-state index in [0.717, 1.165) is 0 Å². The van der Waals surface area contributed by atoms with Gasteiger partial charge in [0.2, 0.25) is 0 Å². The smallest absolute Gasteiger partial charge is 0.308 e. The third-order valence-corrected chi connectivity index (χ3v) is 1.90. The lowest BCUT2D eigenvalue weighted by Gasteiger charge is -2.41. The van der Waals surface area contributed by atoms with Crippen molar-refractivity contribution in [2.24, 2.45) is 0 Å². The maximum absolute atomic E-state index is 9.09. The largest absolute Gasteiger partial charge is 0.388 e. The molecule has 1 rings (SSSR count). The van der Waals surface area contributed by atoms with E-state index in [0.29, 0.717) is 0 Å². The lowest BCUT2D eigenvalue weighted by atomic mass is 9.99. The van der Waals surface area contributed by atoms with Gasteiger partial charge in [0.05, 0.1) is 6.10 Å². The van der Waals surface area contributed by atoms with Gasteiger partial charge in [-0.15, -0.1) is 0 Å². The van der Waals surface area contributed by atoms with Gasteiger partial charge in [-0.3, -0.25) is 0 Å². The van der Waals surface area contributed by atoms with Crippen molar-refractivity contribution in [1.82, 2.24) is 0 Å². The third-order valence-electron chi connectivity index (χ3n) is 1.90. The first-order valence-electron chi connectivity index (χ1n) is 3.53. The van der Waals surface area contributed by atoms with E-state index in [-0.39, 0.29) is 0 Å². The summed E-state index contributed by atoms with van der Waals surface area (Å²) in [5, 5.41) is 44.9. The number of aliphatic hydroxyl groups is 5. The molecule has 0 unspecified atom stereocenters. The van der Waals surface area contributed by atoms with Gasteiger partial charge in [0.1, 0.15) is 12.2 Å². The van der Waals surface area contributed by atoms with E-state index < -0.39 is 30.4 Å². The molecule has 72 valence electrons. The molecule has 5 N–H and O–H groups in total. The highest BCUT2D eigenvalue weighted by molar-refractivity contribution is 4.89. The van der Waals surface area contributed by atoms with Crippen LogP contribution in [0, 0.1) is 0 Å². The van der Waals surface area contributed by atoms with Gasteiger partial charge in [0.25, 0.3) is 0 Å². The zero-order valence-corrected chi connectivity index (χ0v) is 6.45. The van der Waals surface area contributed by atoms with Gasteiger partial charge in [-0.2, -0.15) is 0 Å². The lowest BCUT2D eigenvalue weighted by Crippen LogP contribution is -2.63. The van der Waals surface area contributed by atoms with E-state index in [9.17, 15) is 0 Å². The van der Waals surface area contributed by atoms with Gasteiger partial charge in [-0.25, -0.2) is 0 Å². The van der Waals surface area contributed by atoms with E-state index in [1.807, 2.05) is 0 Å². The van der Waals surface area contributed by atoms with Crippen LogP contribution in [0.15, 0.2) is 0 Å². The molecule has 1 heterocycles. The molecule has 0 spiro atoms. The fourth-order valence-corrected chi connectivity index (χ4v) is 1.10. The Bertz CT molecular complexity index is 169. The number of hydrogen-bond acceptors (Lipinski definition) is 6. The minimum absolute atomic E-state index is 0.946. The van der Waals surface area contributed by atoms with Crippen molar-refractivity contribution in [3.8, 4) is 0 Å². The van der Waals surface area contributed by atoms with Crippen LogP contribution in [0.25, 0.3) is 0 Å². The number of hydrogen-bond donors (Lipinski definition) is 5. The van der Waals surface area contributed by atoms with E-state index in [2.05, 4.69) is 4.74 Å². The molecule has 0 aromatic rings. The molecule has 1 fully saturated rings. The molecule has 0 saturated carbocycles. The molecule has 1 aliphatic rings. The Morgan fingerprint density at radius 2 is 1.58 bits per heavy atom. The van der Waals surface area contributed by atoms with Crippen LogP contribution in [-0.4, -0.2) is 55.9 Å². The second kappa shape index (κ2) is 2.91. The maximum atomic E-state index is 9.09. The van der Waals surface area contributed by atoms with Crippen molar-refractivity contribution >= 4 is 0 Å². The summed E-state index contributed by atoms with van der Waals surface area (Å²) < 4.78 is 4.42. The van der Waals surface area contributed by atoms with Crippen molar-refractivity contribution < 1.29 is 30.3 Å². The molecule has 12 heavy (non-hydrogen) atoms. The first kappa shape index (κ1) is 9.85. The highest BCUT2D eigenvalue weighted by Crippen LogP contribution is 2.25. The van der Waals surface area contributed by atoms with Gasteiger partial charge in [-0.05, 0) is 6.92 Å². The van der Waals surface area contributed by atoms with E-state index in [1.54, 1.807) is 0 Å². The first-order chi connectivity index (χ1) is 5.36. The minimum atomic E-state index is -2.79. The Labute approximate surface area is 68.6 Å². The summed E-state index contributed by atoms with van der Waals surface area (Å²) in [6.07, 6.45) is -5.82. The zero-order valence-electron chi connectivity index (χ0n) is 6.45. The Kier molecular flexibility index (Phi) is 2.39. The van der Waals surface area contributed by atoms with Crippen LogP contribution in [0.2, 0.25) is 0 Å². The van der Waals surface area contributed by atoms with E-state index in [1.165, 1.54) is 6.92 Å². The molecule has 6 nitrogen and oxygen atoms in total. The molecular formula is C6H12O6. The average Bonchev–Trinajstić information content (AvgIpc) is 1.97. The Morgan fingerprint density at radius 3 is 2.08 bits per heavy atom. The third kappa shape index (κ3) is 1.45. The Hall–Kier alpha value is -0.240. The predicted octanol–water partition coefficient (Wildman–Crippen LogP) is -2.87. The summed E-state index contributed by atoms with van der Waals surface area (Å²) in [5.41, 5.74) is 0. The summed E-state index contributed by atoms with van der Waals surface area (Å²) in [5.74, 6) is -2.79. The Balaban J connectivity index is 2.78. The first-order valence-corrected chi connectivity index (χ1v) is 3.53. The van der Waals surface area contributed by atoms with Crippen LogP contribution in [0.3, 0.4) is 0 Å². The lowest BCUT2D eigenvalue weighted by molar-refractivity contribution is -0.431. The molecular weight excluding hydrogens is 168 g/mol. The molecule has 6 heteroatoms. The van der Waals surface area contributed by atoms with Crippen LogP contribution < -0.4 is 0 Å². The van der Waals surface area contributed by atoms with Crippen molar-refractivity contribution in [2.75, 3.05) is 0 Å². The van der Waals surface area contributed by atoms with Crippen LogP contribution in [0.4, 0.5) is 0 Å². The van der Waals surface area contributed by atoms with Crippen molar-refractivity contribution in [2.45, 2.75) is 37.3 Å². The fraction of sp³-hybridized carbons (Fsp3) is 1.00. The van der Waals surface area contributed by atoms with E-state index in [4.69, 9.17) is 25.5 Å². The second-order valence-corrected chi connectivity index (χ2v) is 2.91. The van der Waals surface area contributed by atoms with Gasteiger partial charge < -0.3 is 30.3 Å². The highest BCUT2D eigenvalue weighted by Gasteiger charge is 2.50. The minimum Gasteiger partial charge on any atom is -0.388 e. The van der Waals surface area contributed by atoms with Crippen molar-refractivity contribution in [3.63, 3.8) is 0 Å². The van der Waals surface area contributed by atoms with Gasteiger partial charge in [0, 0.05) is 0 Å². The molecule has 0 aromatic heterocycles. The molecule has 0 bridgehead atoms. The second-order valence-electron chi connectivity index (χ2n) is 2.91. The summed E-state index contributed by atoms with van der Waals surface area (Å²) in [6.45, 7) is 1.35. The van der Waals surface area contributed by atoms with Crippen molar-refractivity contribution in [3.05, 3.63) is 0 Å². The maximum Gasteiger partial charge on any atom is 0.308 e. The molecule has 4 atom stereocenters. The summed E-state index contributed by atoms with van der Waals surface area (Å²) >= 11 is 0. The Morgan fingerprint density at radius 1 is 1.08 bits per heavy atom. The van der Waals surface area contributed by atoms with Gasteiger partial charge in [0.15, 0.2) is 6.10 Å². The van der Waals surface area contributed by atoms with E-state index >= 15 is 0 Å². The highest BCUT2D eigenvalue weighted by atomic mass is 16.8. The molecule has 0 radical (unpaired) electrons. The average molecular weight is 180 g/mol. The molecule has 1 saturated heterocycles. The normalized spacial score (nSPS) is 47.5. The quantitative estimate of drug-likeness (QED) is 0.256. The van der Waals surface area contributed by atoms with Gasteiger partial charge in [-0.1, -0.05) is 0 Å². The number of ether oxygens (including phenoxy) is 1. The number of aliphatic hydroxyl groups excluding tert-OH is 3. The SMILES string of the molecule is C[C@H]1OC(O)(O)[C@H](O)[C@@H](O)[C@@H]1O. The number of rotatable bonds is 0. The molecule has 1 aliphatic heterocycles. The van der Waals surface area contributed by atoms with Gasteiger partial charge >= 0.3 is 5.97 Å². The summed E-state index contributed by atoms with van der Waals surface area (Å²) in [7, 11) is 0. The summed E-state index contributed by atoms with van der Waals surface area (Å²) in [4.78, 5) is 0. The zero-order chi connectivity index (χ0) is 9.52. The molecule has 0 amide bonds. The predicted molar refractivity (Wildman–Crippen MR) is 35.7 cm³/mol. The fourth-order valence-electron chi connectivity index (χ4n) is 1.10. The van der Waals surface area contributed by atoms with Crippen LogP contribution in [0.1, 0.15) is 6.92 Å². The van der Waals surface area contributed by atoms with Crippen LogP contribution in [-0.2, 0) is 4.74 Å². The van der Waals surface area contributed by atoms with Crippen molar-refractivity contribution in [1.29, 1.82) is 0 Å². The van der Waals surface area contributed by atoms with Crippen LogP contribution >= 0.6 is 0 Å². The molecule has 0 aliphatic carbocycles. The molecule has 0 aromatic carbocycles. The topological polar surface area (TPSA) is 110 Å². The standard InChI is InChI=1S/C6H12O6/c1-2-3(7)4(8)5(9)6(10,11)12-2/h2-5,7-11H,1H3/t2-,3-,4+,5-/m1/s1. The monoisotopic (exact) mass is 180 g/mol. The van der Waals surface area contributed by atoms with Crippen LogP contribution in [0.5, 0.6) is 0 Å².